The number of ether oxygens (including phenoxy) is 2. The second-order valence-corrected chi connectivity index (χ2v) is 4.40. The molecule has 1 aromatic carbocycles. The lowest BCUT2D eigenvalue weighted by atomic mass is 10.1. The monoisotopic (exact) mass is 283 g/mol. The lowest BCUT2D eigenvalue weighted by Gasteiger charge is -2.11. The van der Waals surface area contributed by atoms with Gasteiger partial charge in [0.15, 0.2) is 0 Å². The van der Waals surface area contributed by atoms with Crippen LogP contribution in [-0.2, 0) is 13.1 Å². The summed E-state index contributed by atoms with van der Waals surface area (Å²) >= 11 is 0. The van der Waals surface area contributed by atoms with Crippen LogP contribution in [0.4, 0.5) is 0 Å². The molecule has 1 N–H and O–H groups in total. The molecular formula is C16H17N3O2. The van der Waals surface area contributed by atoms with Crippen LogP contribution in [0.5, 0.6) is 11.5 Å². The number of aromatic nitrogens is 1. The summed E-state index contributed by atoms with van der Waals surface area (Å²) in [4.78, 5) is 4.04. The van der Waals surface area contributed by atoms with E-state index in [-0.39, 0.29) is 0 Å². The van der Waals surface area contributed by atoms with Crippen molar-refractivity contribution in [3.05, 3.63) is 53.3 Å². The third-order valence-electron chi connectivity index (χ3n) is 3.12. The minimum Gasteiger partial charge on any atom is -0.497 e. The molecule has 1 aromatic heterocycles. The number of rotatable bonds is 6. The number of hydrogen-bond donors (Lipinski definition) is 1. The van der Waals surface area contributed by atoms with Crippen molar-refractivity contribution >= 4 is 0 Å². The average molecular weight is 283 g/mol. The van der Waals surface area contributed by atoms with Crippen molar-refractivity contribution in [3.8, 4) is 17.6 Å². The van der Waals surface area contributed by atoms with E-state index in [0.717, 1.165) is 22.6 Å². The van der Waals surface area contributed by atoms with E-state index < -0.39 is 0 Å². The normalized spacial score (nSPS) is 9.95. The van der Waals surface area contributed by atoms with Gasteiger partial charge in [0.25, 0.3) is 0 Å². The fraction of sp³-hybridized carbons (Fsp3) is 0.250. The summed E-state index contributed by atoms with van der Waals surface area (Å²) in [5.74, 6) is 1.53. The van der Waals surface area contributed by atoms with Crippen LogP contribution in [0, 0.1) is 11.3 Å². The number of pyridine rings is 1. The van der Waals surface area contributed by atoms with Crippen molar-refractivity contribution in [1.82, 2.24) is 10.3 Å². The Morgan fingerprint density at radius 2 is 1.95 bits per heavy atom. The van der Waals surface area contributed by atoms with Crippen molar-refractivity contribution in [3.63, 3.8) is 0 Å². The van der Waals surface area contributed by atoms with E-state index >= 15 is 0 Å². The highest BCUT2D eigenvalue weighted by atomic mass is 16.5. The van der Waals surface area contributed by atoms with Crippen LogP contribution in [0.25, 0.3) is 0 Å². The third kappa shape index (κ3) is 3.71. The minimum atomic E-state index is 0.451. The predicted octanol–water partition coefficient (Wildman–Crippen LogP) is 2.26. The zero-order chi connectivity index (χ0) is 15.1. The standard InChI is InChI=1S/C16H17N3O2/c1-20-14-6-5-13(16(8-14)21-2)11-18-10-12-4-3-7-19-15(12)9-17/h3-8,18H,10-11H2,1-2H3. The van der Waals surface area contributed by atoms with Gasteiger partial charge in [-0.05, 0) is 12.1 Å². The van der Waals surface area contributed by atoms with Gasteiger partial charge in [-0.1, -0.05) is 12.1 Å². The molecule has 108 valence electrons. The fourth-order valence-electron chi connectivity index (χ4n) is 2.01. The molecule has 21 heavy (non-hydrogen) atoms. The zero-order valence-electron chi connectivity index (χ0n) is 12.1. The highest BCUT2D eigenvalue weighted by Gasteiger charge is 2.06. The molecule has 0 bridgehead atoms. The highest BCUT2D eigenvalue weighted by Crippen LogP contribution is 2.24. The quantitative estimate of drug-likeness (QED) is 0.880. The van der Waals surface area contributed by atoms with Gasteiger partial charge in [-0.15, -0.1) is 0 Å². The SMILES string of the molecule is COc1ccc(CNCc2cccnc2C#N)c(OC)c1. The number of nitriles is 1. The largest absolute Gasteiger partial charge is 0.497 e. The fourth-order valence-corrected chi connectivity index (χ4v) is 2.01. The maximum Gasteiger partial charge on any atom is 0.144 e. The summed E-state index contributed by atoms with van der Waals surface area (Å²) in [5, 5.41) is 12.3. The lowest BCUT2D eigenvalue weighted by molar-refractivity contribution is 0.390. The first-order valence-corrected chi connectivity index (χ1v) is 6.54. The molecule has 2 aromatic rings. The topological polar surface area (TPSA) is 67.2 Å². The van der Waals surface area contributed by atoms with Gasteiger partial charge in [0.2, 0.25) is 0 Å². The number of nitrogens with one attached hydrogen (secondary N) is 1. The van der Waals surface area contributed by atoms with E-state index in [9.17, 15) is 0 Å². The van der Waals surface area contributed by atoms with Crippen LogP contribution in [-0.4, -0.2) is 19.2 Å². The molecule has 2 rings (SSSR count). The molecule has 0 unspecified atom stereocenters. The number of methoxy groups -OCH3 is 2. The second kappa shape index (κ2) is 7.27. The highest BCUT2D eigenvalue weighted by molar-refractivity contribution is 5.40. The van der Waals surface area contributed by atoms with Crippen molar-refractivity contribution in [2.45, 2.75) is 13.1 Å². The Bertz CT molecular complexity index is 650. The molecule has 0 fully saturated rings. The molecule has 0 saturated carbocycles. The summed E-state index contributed by atoms with van der Waals surface area (Å²) in [6.45, 7) is 1.21. The van der Waals surface area contributed by atoms with Gasteiger partial charge < -0.3 is 14.8 Å². The maximum absolute atomic E-state index is 9.00. The summed E-state index contributed by atoms with van der Waals surface area (Å²) in [6.07, 6.45) is 1.62. The number of nitrogens with zero attached hydrogens (tertiary/aromatic N) is 2. The Balaban J connectivity index is 2.02. The molecule has 5 nitrogen and oxygen atoms in total. The second-order valence-electron chi connectivity index (χ2n) is 4.40. The van der Waals surface area contributed by atoms with Crippen LogP contribution in [0.1, 0.15) is 16.8 Å². The van der Waals surface area contributed by atoms with Gasteiger partial charge in [-0.3, -0.25) is 0 Å². The lowest BCUT2D eigenvalue weighted by Crippen LogP contribution is -2.14. The Morgan fingerprint density at radius 3 is 2.67 bits per heavy atom. The van der Waals surface area contributed by atoms with Crippen molar-refractivity contribution in [2.24, 2.45) is 0 Å². The van der Waals surface area contributed by atoms with E-state index in [1.807, 2.05) is 30.3 Å². The molecule has 0 radical (unpaired) electrons. The molecule has 0 spiro atoms. The predicted molar refractivity (Wildman–Crippen MR) is 79.0 cm³/mol. The van der Waals surface area contributed by atoms with Crippen molar-refractivity contribution in [2.75, 3.05) is 14.2 Å². The third-order valence-corrected chi connectivity index (χ3v) is 3.12. The van der Waals surface area contributed by atoms with E-state index in [4.69, 9.17) is 14.7 Å². The molecule has 0 aliphatic rings. The van der Waals surface area contributed by atoms with E-state index in [1.165, 1.54) is 0 Å². The molecule has 5 heteroatoms. The van der Waals surface area contributed by atoms with Gasteiger partial charge in [-0.2, -0.15) is 5.26 Å². The van der Waals surface area contributed by atoms with Gasteiger partial charge in [0.05, 0.1) is 14.2 Å². The van der Waals surface area contributed by atoms with E-state index in [1.54, 1.807) is 20.4 Å². The average Bonchev–Trinajstić information content (AvgIpc) is 2.55. The Kier molecular flexibility index (Phi) is 5.13. The van der Waals surface area contributed by atoms with Gasteiger partial charge >= 0.3 is 0 Å². The first-order chi connectivity index (χ1) is 10.3. The first kappa shape index (κ1) is 14.8. The minimum absolute atomic E-state index is 0.451. The van der Waals surface area contributed by atoms with Crippen LogP contribution in [0.2, 0.25) is 0 Å². The van der Waals surface area contributed by atoms with Crippen molar-refractivity contribution in [1.29, 1.82) is 5.26 Å². The van der Waals surface area contributed by atoms with Gasteiger partial charge in [0.1, 0.15) is 23.3 Å². The first-order valence-electron chi connectivity index (χ1n) is 6.54. The maximum atomic E-state index is 9.00. The molecule has 0 aliphatic heterocycles. The summed E-state index contributed by atoms with van der Waals surface area (Å²) < 4.78 is 10.5. The van der Waals surface area contributed by atoms with Crippen LogP contribution < -0.4 is 14.8 Å². The van der Waals surface area contributed by atoms with Crippen molar-refractivity contribution < 1.29 is 9.47 Å². The van der Waals surface area contributed by atoms with Crippen LogP contribution in [0.3, 0.4) is 0 Å². The molecular weight excluding hydrogens is 266 g/mol. The molecule has 0 amide bonds. The smallest absolute Gasteiger partial charge is 0.144 e. The number of benzene rings is 1. The summed E-state index contributed by atoms with van der Waals surface area (Å²) in [7, 11) is 3.26. The molecule has 0 aliphatic carbocycles. The van der Waals surface area contributed by atoms with Gasteiger partial charge in [-0.25, -0.2) is 4.98 Å². The molecule has 1 heterocycles. The summed E-state index contributed by atoms with van der Waals surface area (Å²) in [6, 6.07) is 11.5. The molecule has 0 saturated heterocycles. The van der Waals surface area contributed by atoms with Crippen LogP contribution in [0.15, 0.2) is 36.5 Å². The van der Waals surface area contributed by atoms with E-state index in [0.29, 0.717) is 18.8 Å². The zero-order valence-corrected chi connectivity index (χ0v) is 12.1. The van der Waals surface area contributed by atoms with E-state index in [2.05, 4.69) is 16.4 Å². The molecule has 0 atom stereocenters. The van der Waals surface area contributed by atoms with Crippen LogP contribution >= 0.6 is 0 Å². The van der Waals surface area contributed by atoms with Gasteiger partial charge in [0, 0.05) is 36.5 Å². The Labute approximate surface area is 124 Å². The summed E-state index contributed by atoms with van der Waals surface area (Å²) in [5.41, 5.74) is 2.36. The number of hydrogen-bond acceptors (Lipinski definition) is 5. The Morgan fingerprint density at radius 1 is 1.14 bits per heavy atom. The Hall–Kier alpha value is -2.58.